The number of thiazole rings is 1. The number of hydrogen-bond donors (Lipinski definition) is 3. The van der Waals surface area contributed by atoms with Crippen molar-refractivity contribution in [1.82, 2.24) is 14.6 Å². The van der Waals surface area contributed by atoms with Gasteiger partial charge in [-0.05, 0) is 36.2 Å². The van der Waals surface area contributed by atoms with E-state index in [1.807, 2.05) is 34.6 Å². The predicted octanol–water partition coefficient (Wildman–Crippen LogP) is 3.60. The van der Waals surface area contributed by atoms with Gasteiger partial charge in [-0.1, -0.05) is 24.1 Å². The van der Waals surface area contributed by atoms with Crippen LogP contribution < -0.4 is 26.0 Å². The number of alkyl halides is 2. The Kier molecular flexibility index (Phi) is 9.45. The van der Waals surface area contributed by atoms with Gasteiger partial charge in [0.05, 0.1) is 16.3 Å². The maximum absolute atomic E-state index is 12.8. The molecule has 1 aliphatic heterocycles. The Morgan fingerprint density at radius 1 is 1.24 bits per heavy atom. The molecule has 0 aliphatic carbocycles. The highest BCUT2D eigenvalue weighted by Crippen LogP contribution is 2.29. The van der Waals surface area contributed by atoms with Gasteiger partial charge in [0.25, 0.3) is 12.3 Å². The summed E-state index contributed by atoms with van der Waals surface area (Å²) in [5.41, 5.74) is 13.2. The number of piperazine rings is 1. The maximum atomic E-state index is 12.8. The number of aromatic nitrogens is 1. The van der Waals surface area contributed by atoms with Crippen LogP contribution in [0.5, 0.6) is 0 Å². The van der Waals surface area contributed by atoms with Crippen LogP contribution in [0.15, 0.2) is 52.6 Å². The number of para-hydroxylation sites is 1. The minimum Gasteiger partial charge on any atom is -0.393 e. The number of hydrogen-bond acceptors (Lipinski definition) is 10. The molecule has 5 N–H and O–H groups in total. The van der Waals surface area contributed by atoms with E-state index in [9.17, 15) is 13.6 Å². The van der Waals surface area contributed by atoms with E-state index < -0.39 is 6.43 Å². The molecule has 184 valence electrons. The molecular formula is C21H27F2N7OS3. The molecule has 0 saturated carbocycles. The fourth-order valence-corrected chi connectivity index (χ4v) is 5.12. The van der Waals surface area contributed by atoms with E-state index in [4.69, 9.17) is 11.5 Å². The van der Waals surface area contributed by atoms with Crippen molar-refractivity contribution in [3.63, 3.8) is 0 Å². The van der Waals surface area contributed by atoms with E-state index in [0.29, 0.717) is 41.9 Å². The van der Waals surface area contributed by atoms with Crippen molar-refractivity contribution in [2.75, 3.05) is 48.7 Å². The van der Waals surface area contributed by atoms with Gasteiger partial charge in [-0.2, -0.15) is 0 Å². The second kappa shape index (κ2) is 12.3. The molecule has 0 unspecified atom stereocenters. The molecule has 1 aromatic heterocycles. The standard InChI is InChI=1S/C21H27F2N7OS3/c1-28(32-2)16-6-4-3-5-14(16)20(31)27-17(24)7-8-18(25)34-30-11-9-29(10-12-30)21-26-15(13-33-21)19(22)23/h3-8,13,19H,9-12,24-25H2,1-2H3,(H,27,31)/b17-7+,18-8+. The Morgan fingerprint density at radius 3 is 2.59 bits per heavy atom. The fourth-order valence-electron chi connectivity index (χ4n) is 3.12. The summed E-state index contributed by atoms with van der Waals surface area (Å²) in [6.07, 6.45) is 2.57. The molecule has 3 rings (SSSR count). The summed E-state index contributed by atoms with van der Waals surface area (Å²) in [4.78, 5) is 18.7. The van der Waals surface area contributed by atoms with Gasteiger partial charge in [0.2, 0.25) is 0 Å². The Hall–Kier alpha value is -2.48. The molecule has 1 amide bonds. The lowest BCUT2D eigenvalue weighted by molar-refractivity contribution is 0.0966. The largest absolute Gasteiger partial charge is 0.393 e. The molecular weight excluding hydrogens is 500 g/mol. The molecule has 0 bridgehead atoms. The monoisotopic (exact) mass is 527 g/mol. The molecule has 1 saturated heterocycles. The Balaban J connectivity index is 1.51. The van der Waals surface area contributed by atoms with Crippen LogP contribution in [0, 0.1) is 0 Å². The van der Waals surface area contributed by atoms with Crippen molar-refractivity contribution in [2.45, 2.75) is 6.43 Å². The summed E-state index contributed by atoms with van der Waals surface area (Å²) in [7, 11) is 1.88. The van der Waals surface area contributed by atoms with Gasteiger partial charge in [-0.25, -0.2) is 18.1 Å². The predicted molar refractivity (Wildman–Crippen MR) is 139 cm³/mol. The zero-order chi connectivity index (χ0) is 24.7. The first-order chi connectivity index (χ1) is 16.3. The van der Waals surface area contributed by atoms with Crippen molar-refractivity contribution >= 4 is 52.0 Å². The molecule has 2 aromatic rings. The van der Waals surface area contributed by atoms with E-state index in [2.05, 4.69) is 14.6 Å². The molecule has 1 aliphatic rings. The molecule has 0 atom stereocenters. The van der Waals surface area contributed by atoms with Gasteiger partial charge in [-0.3, -0.25) is 4.79 Å². The third-order valence-electron chi connectivity index (χ3n) is 4.92. The molecule has 1 aromatic carbocycles. The van der Waals surface area contributed by atoms with Crippen molar-refractivity contribution in [2.24, 2.45) is 11.5 Å². The average molecular weight is 528 g/mol. The number of amides is 1. The third kappa shape index (κ3) is 7.01. The van der Waals surface area contributed by atoms with Crippen LogP contribution in [0.25, 0.3) is 0 Å². The number of rotatable bonds is 9. The molecule has 34 heavy (non-hydrogen) atoms. The first kappa shape index (κ1) is 26.1. The zero-order valence-electron chi connectivity index (χ0n) is 18.8. The van der Waals surface area contributed by atoms with Gasteiger partial charge in [-0.15, -0.1) is 11.3 Å². The van der Waals surface area contributed by atoms with Crippen molar-refractivity contribution in [1.29, 1.82) is 0 Å². The van der Waals surface area contributed by atoms with Crippen LogP contribution in [0.4, 0.5) is 19.6 Å². The highest BCUT2D eigenvalue weighted by Gasteiger charge is 2.22. The van der Waals surface area contributed by atoms with E-state index in [-0.39, 0.29) is 17.4 Å². The topological polar surface area (TPSA) is 104 Å². The number of nitrogens with zero attached hydrogens (tertiary/aromatic N) is 4. The zero-order valence-corrected chi connectivity index (χ0v) is 21.2. The Morgan fingerprint density at radius 2 is 1.94 bits per heavy atom. The number of nitrogens with two attached hydrogens (primary N) is 2. The smallest absolute Gasteiger partial charge is 0.281 e. The van der Waals surface area contributed by atoms with Gasteiger partial charge < -0.3 is 26.0 Å². The molecule has 0 radical (unpaired) electrons. The van der Waals surface area contributed by atoms with Crippen molar-refractivity contribution in [3.8, 4) is 0 Å². The van der Waals surface area contributed by atoms with Gasteiger partial charge in [0.15, 0.2) is 5.13 Å². The maximum Gasteiger partial charge on any atom is 0.281 e. The van der Waals surface area contributed by atoms with E-state index in [1.165, 1.54) is 40.6 Å². The summed E-state index contributed by atoms with van der Waals surface area (Å²) in [6.45, 7) is 2.71. The Bertz CT molecular complexity index is 1040. The average Bonchev–Trinajstić information content (AvgIpc) is 3.33. The number of benzene rings is 1. The second-order valence-corrected chi connectivity index (χ2v) is 10.1. The fraction of sp³-hybridized carbons (Fsp3) is 0.333. The number of anilines is 2. The molecule has 0 spiro atoms. The summed E-state index contributed by atoms with van der Waals surface area (Å²) < 4.78 is 29.5. The summed E-state index contributed by atoms with van der Waals surface area (Å²) in [5, 5.41) is 5.21. The highest BCUT2D eigenvalue weighted by atomic mass is 32.2. The van der Waals surface area contributed by atoms with E-state index in [1.54, 1.807) is 24.3 Å². The normalized spacial score (nSPS) is 15.6. The van der Waals surface area contributed by atoms with E-state index >= 15 is 0 Å². The van der Waals surface area contributed by atoms with Gasteiger partial charge in [0, 0.05) is 44.9 Å². The SMILES string of the molecule is CSN(C)c1ccccc1C(=O)N/C(N)=C/C=C(\N)SN1CCN(c2nc(C(F)F)cs2)CC1. The number of nitrogens with one attached hydrogen (secondary N) is 1. The molecule has 2 heterocycles. The minimum atomic E-state index is -2.55. The number of allylic oxidation sites excluding steroid dienone is 2. The minimum absolute atomic E-state index is 0.179. The number of halogens is 2. The first-order valence-electron chi connectivity index (χ1n) is 10.3. The lowest BCUT2D eigenvalue weighted by atomic mass is 10.1. The third-order valence-corrected chi connectivity index (χ3v) is 7.56. The van der Waals surface area contributed by atoms with Crippen LogP contribution in [0.1, 0.15) is 22.5 Å². The van der Waals surface area contributed by atoms with Crippen molar-refractivity contribution < 1.29 is 13.6 Å². The summed E-state index contributed by atoms with van der Waals surface area (Å²) in [5.74, 6) is -0.128. The molecule has 13 heteroatoms. The van der Waals surface area contributed by atoms with Crippen LogP contribution >= 0.6 is 35.2 Å². The van der Waals surface area contributed by atoms with Crippen LogP contribution in [-0.4, -0.2) is 54.7 Å². The lowest BCUT2D eigenvalue weighted by Gasteiger charge is -2.33. The van der Waals surface area contributed by atoms with Crippen LogP contribution in [0.3, 0.4) is 0 Å². The summed E-state index contributed by atoms with van der Waals surface area (Å²) >= 11 is 4.11. The number of carbonyl (C=O) groups excluding carboxylic acids is 1. The Labute approximate surface area is 210 Å². The van der Waals surface area contributed by atoms with E-state index in [0.717, 1.165) is 5.69 Å². The highest BCUT2D eigenvalue weighted by molar-refractivity contribution is 8.00. The van der Waals surface area contributed by atoms with Crippen LogP contribution in [-0.2, 0) is 0 Å². The number of carbonyl (C=O) groups is 1. The molecule has 1 fully saturated rings. The first-order valence-corrected chi connectivity index (χ1v) is 13.1. The van der Waals surface area contributed by atoms with Gasteiger partial charge in [0.1, 0.15) is 11.5 Å². The second-order valence-electron chi connectivity index (χ2n) is 7.21. The quantitative estimate of drug-likeness (QED) is 0.333. The lowest BCUT2D eigenvalue weighted by Crippen LogP contribution is -2.43. The molecule has 8 nitrogen and oxygen atoms in total. The van der Waals surface area contributed by atoms with Crippen molar-refractivity contribution in [3.05, 3.63) is 63.9 Å². The van der Waals surface area contributed by atoms with Crippen LogP contribution in [0.2, 0.25) is 0 Å². The van der Waals surface area contributed by atoms with Gasteiger partial charge >= 0.3 is 0 Å². The summed E-state index contributed by atoms with van der Waals surface area (Å²) in [6, 6.07) is 7.28.